The minimum atomic E-state index is 0.829. The largest absolute Gasteiger partial charge is 0.324 e. The van der Waals surface area contributed by atoms with Gasteiger partial charge in [0.05, 0.1) is 0 Å². The first-order chi connectivity index (χ1) is 7.43. The van der Waals surface area contributed by atoms with E-state index >= 15 is 0 Å². The van der Waals surface area contributed by atoms with Gasteiger partial charge in [-0.15, -0.1) is 0 Å². The van der Waals surface area contributed by atoms with Gasteiger partial charge in [-0.1, -0.05) is 24.6 Å². The van der Waals surface area contributed by atoms with E-state index in [2.05, 4.69) is 53.4 Å². The number of rotatable bonds is 2. The van der Waals surface area contributed by atoms with E-state index in [4.69, 9.17) is 0 Å². The van der Waals surface area contributed by atoms with Crippen molar-refractivity contribution >= 4 is 0 Å². The summed E-state index contributed by atoms with van der Waals surface area (Å²) in [7, 11) is 0. The summed E-state index contributed by atoms with van der Waals surface area (Å²) in [5.41, 5.74) is 2.76. The maximum absolute atomic E-state index is 2.28. The van der Waals surface area contributed by atoms with Gasteiger partial charge in [0, 0.05) is 18.1 Å². The van der Waals surface area contributed by atoms with E-state index in [1.165, 1.54) is 30.5 Å². The van der Waals surface area contributed by atoms with E-state index in [9.17, 15) is 0 Å². The Labute approximate surface area is 90.4 Å². The third-order valence-corrected chi connectivity index (χ3v) is 3.35. The monoisotopic (exact) mass is 197 g/mol. The van der Waals surface area contributed by atoms with Gasteiger partial charge < -0.3 is 4.57 Å². The second-order valence-electron chi connectivity index (χ2n) is 4.32. The molecule has 0 unspecified atom stereocenters. The molecule has 0 atom stereocenters. The summed E-state index contributed by atoms with van der Waals surface area (Å²) in [6, 6.07) is 12.8. The summed E-state index contributed by atoms with van der Waals surface area (Å²) < 4.78 is 2.22. The summed E-state index contributed by atoms with van der Waals surface area (Å²) in [5.74, 6) is 0.829. The lowest BCUT2D eigenvalue weighted by Crippen LogP contribution is -2.07. The quantitative estimate of drug-likeness (QED) is 0.691. The highest BCUT2D eigenvalue weighted by Crippen LogP contribution is 2.36. The highest BCUT2D eigenvalue weighted by molar-refractivity contribution is 5.34. The van der Waals surface area contributed by atoms with E-state index in [1.54, 1.807) is 0 Å². The molecular formula is C14H15N. The molecule has 1 nitrogen and oxygen atoms in total. The Morgan fingerprint density at radius 2 is 1.80 bits per heavy atom. The Morgan fingerprint density at radius 1 is 1.00 bits per heavy atom. The van der Waals surface area contributed by atoms with Gasteiger partial charge in [0.15, 0.2) is 0 Å². The molecule has 1 aromatic carbocycles. The molecular weight excluding hydrogens is 182 g/mol. The highest BCUT2D eigenvalue weighted by atomic mass is 14.9. The Hall–Kier alpha value is -1.50. The van der Waals surface area contributed by atoms with Gasteiger partial charge in [0.25, 0.3) is 0 Å². The lowest BCUT2D eigenvalue weighted by atomic mass is 9.81. The van der Waals surface area contributed by atoms with E-state index < -0.39 is 0 Å². The first kappa shape index (κ1) is 8.78. The van der Waals surface area contributed by atoms with Gasteiger partial charge in [-0.05, 0) is 42.5 Å². The van der Waals surface area contributed by atoms with Crippen molar-refractivity contribution < 1.29 is 0 Å². The highest BCUT2D eigenvalue weighted by Gasteiger charge is 2.20. The number of hydrogen-bond acceptors (Lipinski definition) is 0. The average molecular weight is 197 g/mol. The minimum Gasteiger partial charge on any atom is -0.324 e. The summed E-state index contributed by atoms with van der Waals surface area (Å²) in [6.45, 7) is 0. The van der Waals surface area contributed by atoms with Crippen molar-refractivity contribution in [2.24, 2.45) is 0 Å². The van der Waals surface area contributed by atoms with Crippen LogP contribution in [0.15, 0.2) is 48.8 Å². The van der Waals surface area contributed by atoms with Crippen molar-refractivity contribution in [3.8, 4) is 5.69 Å². The zero-order valence-corrected chi connectivity index (χ0v) is 8.76. The topological polar surface area (TPSA) is 4.93 Å². The van der Waals surface area contributed by atoms with E-state index in [0.29, 0.717) is 0 Å². The third kappa shape index (κ3) is 1.58. The molecule has 1 aliphatic rings. The van der Waals surface area contributed by atoms with Crippen molar-refractivity contribution in [3.63, 3.8) is 0 Å². The fraction of sp³-hybridized carbons (Fsp3) is 0.286. The number of para-hydroxylation sites is 1. The molecule has 0 radical (unpaired) electrons. The van der Waals surface area contributed by atoms with Crippen LogP contribution in [0.4, 0.5) is 0 Å². The van der Waals surface area contributed by atoms with Crippen LogP contribution in [-0.4, -0.2) is 4.57 Å². The summed E-state index contributed by atoms with van der Waals surface area (Å²) in [4.78, 5) is 0. The summed E-state index contributed by atoms with van der Waals surface area (Å²) in [6.07, 6.45) is 8.60. The molecule has 0 amide bonds. The number of nitrogens with zero attached hydrogens (tertiary/aromatic N) is 1. The molecule has 0 bridgehead atoms. The molecule has 1 heteroatoms. The molecule has 1 aliphatic carbocycles. The Bertz CT molecular complexity index is 437. The van der Waals surface area contributed by atoms with Gasteiger partial charge in [0.2, 0.25) is 0 Å². The van der Waals surface area contributed by atoms with Gasteiger partial charge in [-0.3, -0.25) is 0 Å². The van der Waals surface area contributed by atoms with Gasteiger partial charge in [-0.25, -0.2) is 0 Å². The number of benzene rings is 1. The van der Waals surface area contributed by atoms with Crippen LogP contribution < -0.4 is 0 Å². The number of aromatic nitrogens is 1. The lowest BCUT2D eigenvalue weighted by Gasteiger charge is -2.24. The van der Waals surface area contributed by atoms with Crippen LogP contribution in [0.1, 0.15) is 30.7 Å². The zero-order valence-electron chi connectivity index (χ0n) is 8.76. The number of hydrogen-bond donors (Lipinski definition) is 0. The molecule has 15 heavy (non-hydrogen) atoms. The van der Waals surface area contributed by atoms with E-state index in [-0.39, 0.29) is 0 Å². The van der Waals surface area contributed by atoms with Crippen LogP contribution in [-0.2, 0) is 0 Å². The predicted octanol–water partition coefficient (Wildman–Crippen LogP) is 3.74. The van der Waals surface area contributed by atoms with Crippen molar-refractivity contribution in [2.45, 2.75) is 25.2 Å². The molecule has 1 aromatic heterocycles. The van der Waals surface area contributed by atoms with Crippen LogP contribution >= 0.6 is 0 Å². The predicted molar refractivity (Wildman–Crippen MR) is 62.4 cm³/mol. The maximum atomic E-state index is 2.28. The zero-order chi connectivity index (χ0) is 10.1. The van der Waals surface area contributed by atoms with Crippen LogP contribution in [0.5, 0.6) is 0 Å². The molecule has 0 aliphatic heterocycles. The standard InChI is InChI=1S/C14H15N/c1-2-7-14(8-3-1)15-10-9-13(11-15)12-5-4-6-12/h1-3,7-12H,4-6H2. The van der Waals surface area contributed by atoms with Crippen LogP contribution in [0.25, 0.3) is 5.69 Å². The van der Waals surface area contributed by atoms with Crippen molar-refractivity contribution in [2.75, 3.05) is 0 Å². The molecule has 0 spiro atoms. The molecule has 3 rings (SSSR count). The molecule has 1 saturated carbocycles. The first-order valence-corrected chi connectivity index (χ1v) is 5.67. The van der Waals surface area contributed by atoms with Crippen LogP contribution in [0.3, 0.4) is 0 Å². The summed E-state index contributed by atoms with van der Waals surface area (Å²) >= 11 is 0. The average Bonchev–Trinajstić information content (AvgIpc) is 2.66. The maximum Gasteiger partial charge on any atom is 0.0449 e. The Morgan fingerprint density at radius 3 is 2.47 bits per heavy atom. The molecule has 1 fully saturated rings. The SMILES string of the molecule is c1ccc(-n2ccc(C3CCC3)c2)cc1. The molecule has 0 saturated heterocycles. The second-order valence-corrected chi connectivity index (χ2v) is 4.32. The normalized spacial score (nSPS) is 16.3. The Kier molecular flexibility index (Phi) is 2.09. The first-order valence-electron chi connectivity index (χ1n) is 5.67. The van der Waals surface area contributed by atoms with Crippen molar-refractivity contribution in [3.05, 3.63) is 54.4 Å². The van der Waals surface area contributed by atoms with Gasteiger partial charge in [-0.2, -0.15) is 0 Å². The van der Waals surface area contributed by atoms with Gasteiger partial charge >= 0.3 is 0 Å². The minimum absolute atomic E-state index is 0.829. The van der Waals surface area contributed by atoms with E-state index in [0.717, 1.165) is 5.92 Å². The van der Waals surface area contributed by atoms with Crippen LogP contribution in [0, 0.1) is 0 Å². The molecule has 0 N–H and O–H groups in total. The second kappa shape index (κ2) is 3.58. The fourth-order valence-corrected chi connectivity index (χ4v) is 2.16. The van der Waals surface area contributed by atoms with E-state index in [1.807, 2.05) is 0 Å². The third-order valence-electron chi connectivity index (χ3n) is 3.35. The smallest absolute Gasteiger partial charge is 0.0449 e. The summed E-state index contributed by atoms with van der Waals surface area (Å²) in [5, 5.41) is 0. The molecule has 2 aromatic rings. The van der Waals surface area contributed by atoms with Crippen molar-refractivity contribution in [1.29, 1.82) is 0 Å². The van der Waals surface area contributed by atoms with Gasteiger partial charge in [0.1, 0.15) is 0 Å². The van der Waals surface area contributed by atoms with Crippen LogP contribution in [0.2, 0.25) is 0 Å². The van der Waals surface area contributed by atoms with Crippen molar-refractivity contribution in [1.82, 2.24) is 4.57 Å². The lowest BCUT2D eigenvalue weighted by molar-refractivity contribution is 0.420. The fourth-order valence-electron chi connectivity index (χ4n) is 2.16. The molecule has 76 valence electrons. The Balaban J connectivity index is 1.90. The molecule has 1 heterocycles.